The van der Waals surface area contributed by atoms with Crippen LogP contribution >= 0.6 is 0 Å². The van der Waals surface area contributed by atoms with Crippen LogP contribution in [-0.2, 0) is 25.7 Å². The fraction of sp³-hybridized carbons (Fsp3) is 0.692. The molecule has 1 aromatic rings. The third-order valence-corrected chi connectivity index (χ3v) is 8.92. The lowest BCUT2D eigenvalue weighted by Gasteiger charge is -2.32. The number of ether oxygens (including phenoxy) is 1. The summed E-state index contributed by atoms with van der Waals surface area (Å²) in [7, 11) is -2.61. The molecule has 8 nitrogen and oxygen atoms in total. The second-order valence-corrected chi connectivity index (χ2v) is 13.6. The van der Waals surface area contributed by atoms with Crippen LogP contribution in [-0.4, -0.2) is 67.4 Å². The molecule has 0 bridgehead atoms. The summed E-state index contributed by atoms with van der Waals surface area (Å²) in [5, 5.41) is 3.04. The first-order valence-corrected chi connectivity index (χ1v) is 14.3. The van der Waals surface area contributed by atoms with Crippen molar-refractivity contribution in [2.24, 2.45) is 17.8 Å². The Bertz CT molecular complexity index is 1130. The highest BCUT2D eigenvalue weighted by molar-refractivity contribution is 7.89. The van der Waals surface area contributed by atoms with E-state index in [2.05, 4.69) is 5.32 Å². The van der Waals surface area contributed by atoms with E-state index in [1.807, 2.05) is 13.8 Å². The molecule has 2 fully saturated rings. The molecule has 1 N–H and O–H groups in total. The average Bonchev–Trinajstić information content (AvgIpc) is 3.37. The number of likely N-dealkylation sites (N-methyl/N-ethyl adjacent to an activating group) is 1. The fourth-order valence-electron chi connectivity index (χ4n) is 5.21. The average molecular weight is 562 g/mol. The highest BCUT2D eigenvalue weighted by Gasteiger charge is 2.47. The zero-order valence-electron chi connectivity index (χ0n) is 22.7. The quantitative estimate of drug-likeness (QED) is 0.529. The number of alkyl halides is 3. The first-order chi connectivity index (χ1) is 17.4. The lowest BCUT2D eigenvalue weighted by Crippen LogP contribution is -2.52. The van der Waals surface area contributed by atoms with E-state index in [0.717, 1.165) is 12.1 Å². The molecule has 38 heavy (non-hydrogen) atoms. The summed E-state index contributed by atoms with van der Waals surface area (Å²) in [5.41, 5.74) is -1.74. The van der Waals surface area contributed by atoms with Crippen LogP contribution in [0.1, 0.15) is 59.4 Å². The van der Waals surface area contributed by atoms with Gasteiger partial charge in [-0.25, -0.2) is 13.2 Å². The smallest absolute Gasteiger partial charge is 0.416 e. The third kappa shape index (κ3) is 6.99. The maximum absolute atomic E-state index is 13.4. The van der Waals surface area contributed by atoms with Gasteiger partial charge in [-0.15, -0.1) is 0 Å². The molecule has 1 saturated heterocycles. The maximum Gasteiger partial charge on any atom is 0.416 e. The molecule has 0 spiro atoms. The standard InChI is InChI=1S/C26H38F3N3O5S/c1-16(2)12-22(31(6)24(34)37-25(3,4)5)23(33)30-21-11-10-17-14-32(15-20(17)21)38(35,36)19-9-7-8-18(13-19)26(27,28)29/h7-9,13,16-17,20-22H,10-12,14-15H2,1-6H3,(H,30,33)/t17-,20+,21+,22?/m0/s1. The molecular weight excluding hydrogens is 523 g/mol. The summed E-state index contributed by atoms with van der Waals surface area (Å²) in [4.78, 5) is 26.9. The van der Waals surface area contributed by atoms with Gasteiger partial charge in [0.1, 0.15) is 11.6 Å². The molecule has 1 aromatic carbocycles. The van der Waals surface area contributed by atoms with Crippen molar-refractivity contribution in [2.75, 3.05) is 20.1 Å². The molecule has 0 radical (unpaired) electrons. The molecule has 1 aliphatic carbocycles. The van der Waals surface area contributed by atoms with Gasteiger partial charge in [-0.05, 0) is 76.0 Å². The van der Waals surface area contributed by atoms with Crippen LogP contribution in [0, 0.1) is 17.8 Å². The SMILES string of the molecule is CC(C)CC(C(=O)N[C@@H]1CC[C@H]2CN(S(=O)(=O)c3cccc(C(F)(F)F)c3)C[C@H]21)N(C)C(=O)OC(C)(C)C. The van der Waals surface area contributed by atoms with E-state index in [1.54, 1.807) is 20.8 Å². The highest BCUT2D eigenvalue weighted by atomic mass is 32.2. The summed E-state index contributed by atoms with van der Waals surface area (Å²) in [6.45, 7) is 9.41. The molecular formula is C26H38F3N3O5S. The van der Waals surface area contributed by atoms with Crippen LogP contribution in [0.2, 0.25) is 0 Å². The number of nitrogens with one attached hydrogen (secondary N) is 1. The molecule has 3 rings (SSSR count). The van der Waals surface area contributed by atoms with Gasteiger partial charge in [0.15, 0.2) is 0 Å². The monoisotopic (exact) mass is 561 g/mol. The zero-order valence-corrected chi connectivity index (χ0v) is 23.5. The minimum atomic E-state index is -4.65. The van der Waals surface area contributed by atoms with Crippen molar-refractivity contribution < 1.29 is 35.9 Å². The van der Waals surface area contributed by atoms with Crippen molar-refractivity contribution in [3.8, 4) is 0 Å². The van der Waals surface area contributed by atoms with Crippen molar-refractivity contribution in [1.82, 2.24) is 14.5 Å². The number of hydrogen-bond donors (Lipinski definition) is 1. The van der Waals surface area contributed by atoms with Crippen LogP contribution in [0.4, 0.5) is 18.0 Å². The Balaban J connectivity index is 1.73. The van der Waals surface area contributed by atoms with Gasteiger partial charge in [0, 0.05) is 26.2 Å². The van der Waals surface area contributed by atoms with E-state index >= 15 is 0 Å². The van der Waals surface area contributed by atoms with Gasteiger partial charge in [0.05, 0.1) is 10.5 Å². The number of benzene rings is 1. The normalized spacial score (nSPS) is 23.3. The van der Waals surface area contributed by atoms with E-state index < -0.39 is 44.4 Å². The van der Waals surface area contributed by atoms with Crippen molar-refractivity contribution >= 4 is 22.0 Å². The van der Waals surface area contributed by atoms with Crippen LogP contribution in [0.5, 0.6) is 0 Å². The van der Waals surface area contributed by atoms with Crippen molar-refractivity contribution in [3.63, 3.8) is 0 Å². The van der Waals surface area contributed by atoms with Crippen LogP contribution in [0.15, 0.2) is 29.2 Å². The van der Waals surface area contributed by atoms with E-state index in [0.29, 0.717) is 25.3 Å². The largest absolute Gasteiger partial charge is 0.444 e. The number of amides is 2. The second kappa shape index (κ2) is 11.0. The molecule has 4 atom stereocenters. The Morgan fingerprint density at radius 3 is 2.39 bits per heavy atom. The number of rotatable bonds is 7. The Hall–Kier alpha value is -2.34. The lowest BCUT2D eigenvalue weighted by molar-refractivity contribution is -0.137. The number of fused-ring (bicyclic) bond motifs is 1. The highest BCUT2D eigenvalue weighted by Crippen LogP contribution is 2.41. The molecule has 1 heterocycles. The number of hydrogen-bond acceptors (Lipinski definition) is 5. The third-order valence-electron chi connectivity index (χ3n) is 7.10. The summed E-state index contributed by atoms with van der Waals surface area (Å²) in [6.07, 6.45) is -3.51. The summed E-state index contributed by atoms with van der Waals surface area (Å²) in [5.74, 6) is -0.414. The summed E-state index contributed by atoms with van der Waals surface area (Å²) >= 11 is 0. The predicted molar refractivity (Wildman–Crippen MR) is 136 cm³/mol. The lowest BCUT2D eigenvalue weighted by atomic mass is 9.96. The van der Waals surface area contributed by atoms with Gasteiger partial charge < -0.3 is 10.1 Å². The first kappa shape index (κ1) is 30.2. The van der Waals surface area contributed by atoms with Crippen LogP contribution < -0.4 is 5.32 Å². The number of sulfonamides is 1. The minimum absolute atomic E-state index is 0.0204. The molecule has 2 aliphatic rings. The molecule has 214 valence electrons. The van der Waals surface area contributed by atoms with Crippen molar-refractivity contribution in [1.29, 1.82) is 0 Å². The molecule has 2 amide bonds. The van der Waals surface area contributed by atoms with Crippen molar-refractivity contribution in [2.45, 2.75) is 82.6 Å². The van der Waals surface area contributed by atoms with Crippen LogP contribution in [0.25, 0.3) is 0 Å². The Kier molecular flexibility index (Phi) is 8.77. The fourth-order valence-corrected chi connectivity index (χ4v) is 6.79. The van der Waals surface area contributed by atoms with Gasteiger partial charge in [0.2, 0.25) is 15.9 Å². The van der Waals surface area contributed by atoms with E-state index in [4.69, 9.17) is 4.74 Å². The summed E-state index contributed by atoms with van der Waals surface area (Å²) in [6, 6.07) is 2.68. The zero-order chi connectivity index (χ0) is 28.6. The topological polar surface area (TPSA) is 96.0 Å². The van der Waals surface area contributed by atoms with Crippen LogP contribution in [0.3, 0.4) is 0 Å². The number of halogens is 3. The second-order valence-electron chi connectivity index (χ2n) is 11.7. The molecule has 12 heteroatoms. The number of carbonyl (C=O) groups excluding carboxylic acids is 2. The first-order valence-electron chi connectivity index (χ1n) is 12.8. The minimum Gasteiger partial charge on any atom is -0.444 e. The molecule has 1 aliphatic heterocycles. The van der Waals surface area contributed by atoms with Gasteiger partial charge in [-0.1, -0.05) is 19.9 Å². The predicted octanol–water partition coefficient (Wildman–Crippen LogP) is 4.50. The Labute approximate surface area is 222 Å². The number of carbonyl (C=O) groups is 2. The van der Waals surface area contributed by atoms with Gasteiger partial charge in [0.25, 0.3) is 0 Å². The Morgan fingerprint density at radius 1 is 1.16 bits per heavy atom. The summed E-state index contributed by atoms with van der Waals surface area (Å²) < 4.78 is 72.5. The van der Waals surface area contributed by atoms with E-state index in [-0.39, 0.29) is 42.8 Å². The molecule has 1 saturated carbocycles. The molecule has 1 unspecified atom stereocenters. The van der Waals surface area contributed by atoms with E-state index in [9.17, 15) is 31.2 Å². The van der Waals surface area contributed by atoms with Gasteiger partial charge in [-0.3, -0.25) is 9.69 Å². The number of nitrogens with zero attached hydrogens (tertiary/aromatic N) is 2. The van der Waals surface area contributed by atoms with E-state index in [1.165, 1.54) is 22.3 Å². The Morgan fingerprint density at radius 2 is 1.82 bits per heavy atom. The maximum atomic E-state index is 13.4. The van der Waals surface area contributed by atoms with Gasteiger partial charge >= 0.3 is 12.3 Å². The molecule has 0 aromatic heterocycles. The van der Waals surface area contributed by atoms with Crippen molar-refractivity contribution in [3.05, 3.63) is 29.8 Å². The van der Waals surface area contributed by atoms with Gasteiger partial charge in [-0.2, -0.15) is 17.5 Å².